The van der Waals surface area contributed by atoms with E-state index < -0.39 is 22.5 Å². The molecular formula is C19H20F2N2O5S. The highest BCUT2D eigenvalue weighted by molar-refractivity contribution is 7.89. The van der Waals surface area contributed by atoms with E-state index in [1.54, 1.807) is 12.1 Å². The number of alkyl halides is 2. The molecule has 0 saturated heterocycles. The molecule has 1 amide bonds. The third kappa shape index (κ3) is 5.42. The number of halogens is 2. The number of amides is 1. The topological polar surface area (TPSA) is 93.7 Å². The highest BCUT2D eigenvalue weighted by atomic mass is 32.2. The molecule has 156 valence electrons. The van der Waals surface area contributed by atoms with Gasteiger partial charge < -0.3 is 14.8 Å². The number of carbonyl (C=O) groups is 1. The van der Waals surface area contributed by atoms with Gasteiger partial charge in [-0.05, 0) is 42.7 Å². The fourth-order valence-corrected chi connectivity index (χ4v) is 3.92. The Hall–Kier alpha value is -2.72. The molecule has 1 saturated carbocycles. The molecule has 10 heteroatoms. The third-order valence-corrected chi connectivity index (χ3v) is 5.77. The van der Waals surface area contributed by atoms with Gasteiger partial charge in [0.25, 0.3) is 5.91 Å². The summed E-state index contributed by atoms with van der Waals surface area (Å²) in [5, 5.41) is 2.60. The summed E-state index contributed by atoms with van der Waals surface area (Å²) in [7, 11) is -2.27. The monoisotopic (exact) mass is 426 g/mol. The van der Waals surface area contributed by atoms with Crippen LogP contribution in [-0.4, -0.2) is 34.1 Å². The van der Waals surface area contributed by atoms with Crippen molar-refractivity contribution in [1.29, 1.82) is 0 Å². The smallest absolute Gasteiger partial charge is 0.387 e. The van der Waals surface area contributed by atoms with Crippen molar-refractivity contribution in [1.82, 2.24) is 10.0 Å². The van der Waals surface area contributed by atoms with Crippen LogP contribution in [0, 0.1) is 0 Å². The van der Waals surface area contributed by atoms with E-state index in [4.69, 9.17) is 4.74 Å². The van der Waals surface area contributed by atoms with Gasteiger partial charge in [0, 0.05) is 12.6 Å². The number of benzene rings is 2. The number of rotatable bonds is 9. The Bertz CT molecular complexity index is 977. The predicted octanol–water partition coefficient (Wildman–Crippen LogP) is 2.67. The van der Waals surface area contributed by atoms with Crippen LogP contribution in [0.3, 0.4) is 0 Å². The summed E-state index contributed by atoms with van der Waals surface area (Å²) in [4.78, 5) is 12.6. The zero-order valence-corrected chi connectivity index (χ0v) is 16.3. The van der Waals surface area contributed by atoms with Crippen molar-refractivity contribution in [3.63, 3.8) is 0 Å². The number of hydrogen-bond acceptors (Lipinski definition) is 5. The van der Waals surface area contributed by atoms with Gasteiger partial charge in [-0.2, -0.15) is 8.78 Å². The van der Waals surface area contributed by atoms with Crippen molar-refractivity contribution >= 4 is 15.9 Å². The number of methoxy groups -OCH3 is 1. The Balaban J connectivity index is 1.68. The van der Waals surface area contributed by atoms with Gasteiger partial charge in [0.15, 0.2) is 11.5 Å². The van der Waals surface area contributed by atoms with E-state index in [0.29, 0.717) is 5.56 Å². The Morgan fingerprint density at radius 2 is 1.86 bits per heavy atom. The molecule has 1 aliphatic carbocycles. The first-order valence-corrected chi connectivity index (χ1v) is 10.3. The molecule has 0 atom stereocenters. The van der Waals surface area contributed by atoms with E-state index >= 15 is 0 Å². The maximum Gasteiger partial charge on any atom is 0.387 e. The molecular weight excluding hydrogens is 406 g/mol. The normalized spacial score (nSPS) is 13.9. The molecule has 0 radical (unpaired) electrons. The number of carbonyl (C=O) groups excluding carboxylic acids is 1. The van der Waals surface area contributed by atoms with E-state index in [1.165, 1.54) is 37.4 Å². The van der Waals surface area contributed by atoms with Crippen LogP contribution in [-0.2, 0) is 16.6 Å². The second-order valence-corrected chi connectivity index (χ2v) is 8.15. The van der Waals surface area contributed by atoms with Crippen molar-refractivity contribution in [3.8, 4) is 11.5 Å². The van der Waals surface area contributed by atoms with Crippen molar-refractivity contribution in [3.05, 3.63) is 53.6 Å². The van der Waals surface area contributed by atoms with Crippen LogP contribution in [0.2, 0.25) is 0 Å². The van der Waals surface area contributed by atoms with Gasteiger partial charge in [0.1, 0.15) is 0 Å². The predicted molar refractivity (Wildman–Crippen MR) is 101 cm³/mol. The molecule has 2 N–H and O–H groups in total. The van der Waals surface area contributed by atoms with Crippen LogP contribution in [0.15, 0.2) is 47.4 Å². The van der Waals surface area contributed by atoms with Gasteiger partial charge in [-0.3, -0.25) is 4.79 Å². The van der Waals surface area contributed by atoms with E-state index in [-0.39, 0.29) is 34.5 Å². The van der Waals surface area contributed by atoms with Gasteiger partial charge in [0.05, 0.1) is 17.6 Å². The summed E-state index contributed by atoms with van der Waals surface area (Å²) in [5.41, 5.74) is 0.542. The summed E-state index contributed by atoms with van der Waals surface area (Å²) in [6, 6.07) is 10.3. The molecule has 1 fully saturated rings. The number of para-hydroxylation sites is 1. The largest absolute Gasteiger partial charge is 0.493 e. The molecule has 0 heterocycles. The molecule has 0 aromatic heterocycles. The fourth-order valence-electron chi connectivity index (χ4n) is 2.62. The van der Waals surface area contributed by atoms with Gasteiger partial charge in [-0.1, -0.05) is 18.2 Å². The lowest BCUT2D eigenvalue weighted by atomic mass is 10.1. The number of nitrogens with one attached hydrogen (secondary N) is 2. The minimum Gasteiger partial charge on any atom is -0.493 e. The average Bonchev–Trinajstić information content (AvgIpc) is 3.49. The molecule has 0 spiro atoms. The summed E-state index contributed by atoms with van der Waals surface area (Å²) in [6.45, 7) is -3.04. The molecule has 0 bridgehead atoms. The zero-order valence-electron chi connectivity index (χ0n) is 15.5. The van der Waals surface area contributed by atoms with Crippen LogP contribution in [0.4, 0.5) is 8.78 Å². The Labute approximate surface area is 167 Å². The summed E-state index contributed by atoms with van der Waals surface area (Å²) >= 11 is 0. The van der Waals surface area contributed by atoms with Gasteiger partial charge >= 0.3 is 6.61 Å². The third-order valence-electron chi connectivity index (χ3n) is 4.24. The lowest BCUT2D eigenvalue weighted by molar-refractivity contribution is -0.0515. The first kappa shape index (κ1) is 21.0. The van der Waals surface area contributed by atoms with Crippen molar-refractivity contribution < 1.29 is 31.5 Å². The van der Waals surface area contributed by atoms with Crippen LogP contribution in [0.25, 0.3) is 0 Å². The van der Waals surface area contributed by atoms with E-state index in [1.807, 2.05) is 0 Å². The van der Waals surface area contributed by atoms with Crippen molar-refractivity contribution in [2.24, 2.45) is 0 Å². The van der Waals surface area contributed by atoms with Crippen LogP contribution < -0.4 is 19.5 Å². The zero-order chi connectivity index (χ0) is 21.0. The Morgan fingerprint density at radius 1 is 1.17 bits per heavy atom. The van der Waals surface area contributed by atoms with Crippen LogP contribution >= 0.6 is 0 Å². The minimum atomic E-state index is -3.55. The first-order chi connectivity index (χ1) is 13.8. The van der Waals surface area contributed by atoms with Gasteiger partial charge in [-0.25, -0.2) is 13.1 Å². The molecule has 0 aliphatic heterocycles. The molecule has 2 aromatic carbocycles. The lowest BCUT2D eigenvalue weighted by Crippen LogP contribution is -2.26. The Kier molecular flexibility index (Phi) is 6.33. The minimum absolute atomic E-state index is 0.00600. The number of hydrogen-bond donors (Lipinski definition) is 2. The molecule has 7 nitrogen and oxygen atoms in total. The average molecular weight is 426 g/mol. The highest BCUT2D eigenvalue weighted by Gasteiger charge is 2.27. The molecule has 1 aliphatic rings. The molecule has 2 aromatic rings. The van der Waals surface area contributed by atoms with Gasteiger partial charge in [-0.15, -0.1) is 0 Å². The summed E-state index contributed by atoms with van der Waals surface area (Å²) in [5.74, 6) is -0.975. The molecule has 0 unspecified atom stereocenters. The summed E-state index contributed by atoms with van der Waals surface area (Å²) < 4.78 is 61.7. The number of ether oxygens (including phenoxy) is 2. The van der Waals surface area contributed by atoms with Crippen molar-refractivity contribution in [2.45, 2.75) is 36.9 Å². The second kappa shape index (κ2) is 8.75. The quantitative estimate of drug-likeness (QED) is 0.643. The highest BCUT2D eigenvalue weighted by Crippen LogP contribution is 2.32. The van der Waals surface area contributed by atoms with Crippen molar-refractivity contribution in [2.75, 3.05) is 7.11 Å². The Morgan fingerprint density at radius 3 is 2.45 bits per heavy atom. The van der Waals surface area contributed by atoms with E-state index in [0.717, 1.165) is 12.8 Å². The van der Waals surface area contributed by atoms with E-state index in [2.05, 4.69) is 14.8 Å². The van der Waals surface area contributed by atoms with Crippen LogP contribution in [0.1, 0.15) is 28.8 Å². The molecule has 29 heavy (non-hydrogen) atoms. The lowest BCUT2D eigenvalue weighted by Gasteiger charge is -2.14. The second-order valence-electron chi connectivity index (χ2n) is 6.44. The fraction of sp³-hybridized carbons (Fsp3) is 0.316. The maximum atomic E-state index is 12.7. The standard InChI is InChI=1S/C19H20F2N2O5S/c1-27-16-4-2-3-15(17(16)28-19(20)21)18(24)22-11-12-5-9-14(10-6-12)29(25,26)23-13-7-8-13/h2-6,9-10,13,19,23H,7-8,11H2,1H3,(H,22,24). The van der Waals surface area contributed by atoms with Gasteiger partial charge in [0.2, 0.25) is 10.0 Å². The number of sulfonamides is 1. The first-order valence-electron chi connectivity index (χ1n) is 8.81. The summed E-state index contributed by atoms with van der Waals surface area (Å²) in [6.07, 6.45) is 1.68. The van der Waals surface area contributed by atoms with Crippen LogP contribution in [0.5, 0.6) is 11.5 Å². The SMILES string of the molecule is COc1cccc(C(=O)NCc2ccc(S(=O)(=O)NC3CC3)cc2)c1OC(F)F. The van der Waals surface area contributed by atoms with E-state index in [9.17, 15) is 22.0 Å². The maximum absolute atomic E-state index is 12.7. The molecule has 3 rings (SSSR count).